The lowest BCUT2D eigenvalue weighted by atomic mass is 10.2. The van der Waals surface area contributed by atoms with E-state index in [0.717, 1.165) is 29.1 Å². The Kier molecular flexibility index (Phi) is 4.56. The molecular weight excluding hydrogens is 324 g/mol. The van der Waals surface area contributed by atoms with Crippen LogP contribution < -0.4 is 15.0 Å². The Morgan fingerprint density at radius 1 is 0.923 bits per heavy atom. The fourth-order valence-corrected chi connectivity index (χ4v) is 3.12. The van der Waals surface area contributed by atoms with Crippen molar-refractivity contribution < 1.29 is 9.53 Å². The number of para-hydroxylation sites is 1. The molecule has 4 rings (SSSR count). The molecule has 0 atom stereocenters. The van der Waals surface area contributed by atoms with Crippen LogP contribution in [0, 0.1) is 0 Å². The van der Waals surface area contributed by atoms with E-state index in [-0.39, 0.29) is 6.03 Å². The maximum absolute atomic E-state index is 12.6. The number of benzene rings is 3. The van der Waals surface area contributed by atoms with Gasteiger partial charge in [-0.25, -0.2) is 4.79 Å². The van der Waals surface area contributed by atoms with Crippen molar-refractivity contribution in [3.63, 3.8) is 0 Å². The van der Waals surface area contributed by atoms with E-state index in [4.69, 9.17) is 4.74 Å². The quantitative estimate of drug-likeness (QED) is 0.734. The Morgan fingerprint density at radius 2 is 1.65 bits per heavy atom. The summed E-state index contributed by atoms with van der Waals surface area (Å²) in [4.78, 5) is 14.3. The van der Waals surface area contributed by atoms with Gasteiger partial charge in [0.05, 0.1) is 0 Å². The molecule has 1 aliphatic rings. The van der Waals surface area contributed by atoms with Crippen LogP contribution in [0.1, 0.15) is 11.1 Å². The van der Waals surface area contributed by atoms with Gasteiger partial charge < -0.3 is 10.1 Å². The van der Waals surface area contributed by atoms with Crippen molar-refractivity contribution in [2.75, 3.05) is 16.8 Å². The molecule has 1 N–H and O–H groups in total. The Labute approximate surface area is 153 Å². The van der Waals surface area contributed by atoms with Crippen molar-refractivity contribution in [1.82, 2.24) is 0 Å². The molecule has 0 unspecified atom stereocenters. The lowest BCUT2D eigenvalue weighted by molar-refractivity contribution is 0.257. The van der Waals surface area contributed by atoms with Crippen LogP contribution in [0.4, 0.5) is 16.2 Å². The van der Waals surface area contributed by atoms with Gasteiger partial charge in [0.25, 0.3) is 0 Å². The molecule has 1 heterocycles. The lowest BCUT2D eigenvalue weighted by Crippen LogP contribution is -2.33. The van der Waals surface area contributed by atoms with E-state index in [2.05, 4.69) is 11.4 Å². The number of fused-ring (bicyclic) bond motifs is 1. The second kappa shape index (κ2) is 7.31. The Hall–Kier alpha value is -3.27. The number of carbonyl (C=O) groups excluding carboxylic acids is 1. The molecule has 0 saturated heterocycles. The number of hydrogen-bond acceptors (Lipinski definition) is 2. The lowest BCUT2D eigenvalue weighted by Gasteiger charge is -2.18. The third kappa shape index (κ3) is 3.54. The van der Waals surface area contributed by atoms with Crippen molar-refractivity contribution in [2.24, 2.45) is 0 Å². The zero-order valence-electron chi connectivity index (χ0n) is 14.4. The minimum Gasteiger partial charge on any atom is -0.489 e. The van der Waals surface area contributed by atoms with E-state index >= 15 is 0 Å². The molecule has 1 aliphatic heterocycles. The van der Waals surface area contributed by atoms with Crippen LogP contribution in [0.5, 0.6) is 5.75 Å². The van der Waals surface area contributed by atoms with Crippen molar-refractivity contribution in [3.8, 4) is 5.75 Å². The predicted octanol–water partition coefficient (Wildman–Crippen LogP) is 4.86. The molecular formula is C22H20N2O2. The largest absolute Gasteiger partial charge is 0.489 e. The summed E-state index contributed by atoms with van der Waals surface area (Å²) in [5.41, 5.74) is 4.09. The number of amides is 2. The fraction of sp³-hybridized carbons (Fsp3) is 0.136. The van der Waals surface area contributed by atoms with Crippen LogP contribution in [0.2, 0.25) is 0 Å². The molecule has 0 aromatic heterocycles. The van der Waals surface area contributed by atoms with Crippen LogP contribution in [-0.2, 0) is 13.0 Å². The highest BCUT2D eigenvalue weighted by atomic mass is 16.5. The van der Waals surface area contributed by atoms with Crippen LogP contribution in [0.25, 0.3) is 0 Å². The van der Waals surface area contributed by atoms with Gasteiger partial charge >= 0.3 is 6.03 Å². The minimum atomic E-state index is -0.104. The molecule has 3 aromatic rings. The van der Waals surface area contributed by atoms with Crippen LogP contribution in [0.3, 0.4) is 0 Å². The molecule has 4 heteroatoms. The number of nitrogens with zero attached hydrogens (tertiary/aromatic N) is 1. The first-order chi connectivity index (χ1) is 12.8. The molecule has 3 aromatic carbocycles. The van der Waals surface area contributed by atoms with Gasteiger partial charge in [0, 0.05) is 17.9 Å². The Balaban J connectivity index is 1.36. The Morgan fingerprint density at radius 3 is 2.46 bits per heavy atom. The summed E-state index contributed by atoms with van der Waals surface area (Å²) in [5.74, 6) is 0.776. The highest BCUT2D eigenvalue weighted by molar-refractivity contribution is 6.03. The van der Waals surface area contributed by atoms with Crippen LogP contribution in [0.15, 0.2) is 78.9 Å². The summed E-state index contributed by atoms with van der Waals surface area (Å²) in [5, 5.41) is 2.96. The van der Waals surface area contributed by atoms with E-state index < -0.39 is 0 Å². The standard InChI is InChI=1S/C22H20N2O2/c25-22(24-15-14-18-8-4-5-9-21(18)24)23-19-10-12-20(13-11-19)26-16-17-6-2-1-3-7-17/h1-13H,14-16H2,(H,23,25). The number of hydrogen-bond donors (Lipinski definition) is 1. The van der Waals surface area contributed by atoms with Gasteiger partial charge in [0.2, 0.25) is 0 Å². The summed E-state index contributed by atoms with van der Waals surface area (Å²) in [6, 6.07) is 25.4. The van der Waals surface area contributed by atoms with Gasteiger partial charge in [0.1, 0.15) is 12.4 Å². The van der Waals surface area contributed by atoms with E-state index in [9.17, 15) is 4.79 Å². The Bertz CT molecular complexity index is 892. The summed E-state index contributed by atoms with van der Waals surface area (Å²) in [6.45, 7) is 1.24. The first-order valence-electron chi connectivity index (χ1n) is 8.73. The topological polar surface area (TPSA) is 41.6 Å². The number of urea groups is 1. The zero-order chi connectivity index (χ0) is 17.8. The van der Waals surface area contributed by atoms with Gasteiger partial charge in [0.15, 0.2) is 0 Å². The van der Waals surface area contributed by atoms with Gasteiger partial charge in [-0.1, -0.05) is 48.5 Å². The SMILES string of the molecule is O=C(Nc1ccc(OCc2ccccc2)cc1)N1CCc2ccccc21. The van der Waals surface area contributed by atoms with Crippen LogP contribution in [-0.4, -0.2) is 12.6 Å². The first-order valence-corrected chi connectivity index (χ1v) is 8.73. The highest BCUT2D eigenvalue weighted by Crippen LogP contribution is 2.28. The van der Waals surface area contributed by atoms with Gasteiger partial charge in [-0.05, 0) is 47.9 Å². The summed E-state index contributed by atoms with van der Waals surface area (Å²) in [7, 11) is 0. The fourth-order valence-electron chi connectivity index (χ4n) is 3.12. The van der Waals surface area contributed by atoms with Crippen LogP contribution >= 0.6 is 0 Å². The number of nitrogens with one attached hydrogen (secondary N) is 1. The van der Waals surface area contributed by atoms with Crippen molar-refractivity contribution in [2.45, 2.75) is 13.0 Å². The molecule has 0 spiro atoms. The smallest absolute Gasteiger partial charge is 0.326 e. The molecule has 0 aliphatic carbocycles. The average Bonchev–Trinajstić information content (AvgIpc) is 3.12. The van der Waals surface area contributed by atoms with Gasteiger partial charge in [-0.2, -0.15) is 0 Å². The molecule has 4 nitrogen and oxygen atoms in total. The van der Waals surface area contributed by atoms with Crippen molar-refractivity contribution in [1.29, 1.82) is 0 Å². The zero-order valence-corrected chi connectivity index (χ0v) is 14.4. The monoisotopic (exact) mass is 344 g/mol. The van der Waals surface area contributed by atoms with Gasteiger partial charge in [-0.3, -0.25) is 4.90 Å². The van der Waals surface area contributed by atoms with E-state index in [1.165, 1.54) is 5.56 Å². The van der Waals surface area contributed by atoms with Crippen molar-refractivity contribution in [3.05, 3.63) is 90.0 Å². The summed E-state index contributed by atoms with van der Waals surface area (Å²) >= 11 is 0. The maximum Gasteiger partial charge on any atom is 0.326 e. The molecule has 0 saturated carbocycles. The number of anilines is 2. The summed E-state index contributed by atoms with van der Waals surface area (Å²) in [6.07, 6.45) is 0.899. The number of ether oxygens (including phenoxy) is 1. The number of rotatable bonds is 4. The average molecular weight is 344 g/mol. The molecule has 0 bridgehead atoms. The summed E-state index contributed by atoms with van der Waals surface area (Å²) < 4.78 is 5.78. The molecule has 0 radical (unpaired) electrons. The first kappa shape index (κ1) is 16.2. The van der Waals surface area contributed by atoms with Gasteiger partial charge in [-0.15, -0.1) is 0 Å². The molecule has 0 fully saturated rings. The van der Waals surface area contributed by atoms with Crippen molar-refractivity contribution >= 4 is 17.4 Å². The molecule has 130 valence electrons. The third-order valence-electron chi connectivity index (χ3n) is 4.49. The van der Waals surface area contributed by atoms with E-state index in [1.54, 1.807) is 4.90 Å². The maximum atomic E-state index is 12.6. The highest BCUT2D eigenvalue weighted by Gasteiger charge is 2.23. The van der Waals surface area contributed by atoms with E-state index in [0.29, 0.717) is 13.2 Å². The number of carbonyl (C=O) groups is 1. The predicted molar refractivity (Wildman–Crippen MR) is 104 cm³/mol. The van der Waals surface area contributed by atoms with E-state index in [1.807, 2.05) is 72.8 Å². The second-order valence-corrected chi connectivity index (χ2v) is 6.26. The normalized spacial score (nSPS) is 12.5. The second-order valence-electron chi connectivity index (χ2n) is 6.26. The minimum absolute atomic E-state index is 0.104. The molecule has 26 heavy (non-hydrogen) atoms. The molecule has 2 amide bonds. The third-order valence-corrected chi connectivity index (χ3v) is 4.49.